The van der Waals surface area contributed by atoms with Crippen molar-refractivity contribution in [2.75, 3.05) is 11.5 Å². The Bertz CT molecular complexity index is 120. The van der Waals surface area contributed by atoms with E-state index < -0.39 is 0 Å². The lowest BCUT2D eigenvalue weighted by atomic mass is 10.3. The number of hydrogen-bond donors (Lipinski definition) is 0. The molecule has 0 unspecified atom stereocenters. The van der Waals surface area contributed by atoms with Gasteiger partial charge in [-0.2, -0.15) is 11.8 Å². The van der Waals surface area contributed by atoms with Gasteiger partial charge in [-0.1, -0.05) is 24.3 Å². The minimum Gasteiger partial charge on any atom is -0.154 e. The molecule has 0 heterocycles. The van der Waals surface area contributed by atoms with Crippen molar-refractivity contribution in [3.8, 4) is 0 Å². The van der Waals surface area contributed by atoms with Gasteiger partial charge in [0.1, 0.15) is 0 Å². The van der Waals surface area contributed by atoms with E-state index in [1.807, 2.05) is 36.1 Å². The summed E-state index contributed by atoms with van der Waals surface area (Å²) < 4.78 is 0. The van der Waals surface area contributed by atoms with Crippen LogP contribution in [0.15, 0.2) is 50.6 Å². The maximum absolute atomic E-state index is 3.58. The quantitative estimate of drug-likeness (QED) is 0.434. The minimum atomic E-state index is 1.03. The first-order valence-electron chi connectivity index (χ1n) is 4.34. The Labute approximate surface area is 87.1 Å². The second-order valence-electron chi connectivity index (χ2n) is 2.27. The summed E-state index contributed by atoms with van der Waals surface area (Å²) in [4.78, 5) is 0. The van der Waals surface area contributed by atoms with Crippen molar-refractivity contribution in [3.05, 3.63) is 50.6 Å². The molecule has 0 aromatic carbocycles. The van der Waals surface area contributed by atoms with E-state index in [4.69, 9.17) is 0 Å². The molecule has 0 N–H and O–H groups in total. The molecule has 0 amide bonds. The zero-order valence-corrected chi connectivity index (χ0v) is 9.19. The SMILES string of the molecule is C=CCCC=C.C=CCSCC=C. The lowest BCUT2D eigenvalue weighted by Crippen LogP contribution is -1.69. The number of allylic oxidation sites excluding steroid dienone is 2. The number of rotatable bonds is 7. The topological polar surface area (TPSA) is 0 Å². The molecule has 0 aromatic rings. The van der Waals surface area contributed by atoms with Crippen LogP contribution in [0.5, 0.6) is 0 Å². The van der Waals surface area contributed by atoms with Gasteiger partial charge in [0.15, 0.2) is 0 Å². The molecule has 0 aliphatic carbocycles. The fourth-order valence-electron chi connectivity index (χ4n) is 0.470. The third-order valence-electron chi connectivity index (χ3n) is 1.05. The predicted molar refractivity (Wildman–Crippen MR) is 67.3 cm³/mol. The number of hydrogen-bond acceptors (Lipinski definition) is 1. The van der Waals surface area contributed by atoms with Crippen LogP contribution >= 0.6 is 11.8 Å². The van der Waals surface area contributed by atoms with Crippen molar-refractivity contribution in [2.45, 2.75) is 12.8 Å². The summed E-state index contributed by atoms with van der Waals surface area (Å²) >= 11 is 1.82. The molecule has 0 atom stereocenters. The summed E-state index contributed by atoms with van der Waals surface area (Å²) in [5, 5.41) is 0. The van der Waals surface area contributed by atoms with Crippen LogP contribution in [-0.2, 0) is 0 Å². The van der Waals surface area contributed by atoms with Crippen LogP contribution in [0.3, 0.4) is 0 Å². The van der Waals surface area contributed by atoms with Crippen molar-refractivity contribution in [1.82, 2.24) is 0 Å². The smallest absolute Gasteiger partial charge is 0.0113 e. The van der Waals surface area contributed by atoms with Crippen LogP contribution in [-0.4, -0.2) is 11.5 Å². The first-order valence-corrected chi connectivity index (χ1v) is 5.50. The predicted octanol–water partition coefficient (Wildman–Crippen LogP) is 4.23. The summed E-state index contributed by atoms with van der Waals surface area (Å²) in [5.41, 5.74) is 0. The zero-order chi connectivity index (χ0) is 10.4. The highest BCUT2D eigenvalue weighted by molar-refractivity contribution is 7.99. The normalized spacial score (nSPS) is 7.69. The Hall–Kier alpha value is -0.690. The first kappa shape index (κ1) is 14.8. The molecule has 0 saturated heterocycles. The Morgan fingerprint density at radius 1 is 0.692 bits per heavy atom. The molecule has 0 radical (unpaired) electrons. The second-order valence-corrected chi connectivity index (χ2v) is 3.34. The van der Waals surface area contributed by atoms with E-state index in [2.05, 4.69) is 26.3 Å². The maximum atomic E-state index is 3.58. The third-order valence-corrected chi connectivity index (χ3v) is 1.99. The highest BCUT2D eigenvalue weighted by Crippen LogP contribution is 1.97. The average molecular weight is 196 g/mol. The average Bonchev–Trinajstić information content (AvgIpc) is 2.17. The van der Waals surface area contributed by atoms with Gasteiger partial charge in [0, 0.05) is 11.5 Å². The van der Waals surface area contributed by atoms with Gasteiger partial charge in [0.2, 0.25) is 0 Å². The standard InChI is InChI=1S/C6H10S.C6H10/c1-3-5-7-6-4-2;1-3-5-6-4-2/h3-4H,1-2,5-6H2;3-4H,1-2,5-6H2. The minimum absolute atomic E-state index is 1.03. The molecule has 13 heavy (non-hydrogen) atoms. The molecule has 1 heteroatoms. The highest BCUT2D eigenvalue weighted by Gasteiger charge is 1.73. The number of unbranched alkanes of at least 4 members (excludes halogenated alkanes) is 1. The van der Waals surface area contributed by atoms with E-state index in [1.54, 1.807) is 0 Å². The van der Waals surface area contributed by atoms with Gasteiger partial charge in [-0.3, -0.25) is 0 Å². The Morgan fingerprint density at radius 2 is 1.08 bits per heavy atom. The molecule has 0 aromatic heterocycles. The van der Waals surface area contributed by atoms with Crippen LogP contribution in [0.2, 0.25) is 0 Å². The Kier molecular flexibility index (Phi) is 19.8. The summed E-state index contributed by atoms with van der Waals surface area (Å²) in [6.07, 6.45) is 9.69. The third kappa shape index (κ3) is 24.6. The van der Waals surface area contributed by atoms with Crippen LogP contribution in [0.1, 0.15) is 12.8 Å². The lowest BCUT2D eigenvalue weighted by molar-refractivity contribution is 1.06. The molecule has 0 aliphatic rings. The lowest BCUT2D eigenvalue weighted by Gasteiger charge is -1.85. The van der Waals surface area contributed by atoms with Crippen molar-refractivity contribution in [1.29, 1.82) is 0 Å². The molecule has 0 aliphatic heterocycles. The van der Waals surface area contributed by atoms with E-state index in [0.29, 0.717) is 0 Å². The van der Waals surface area contributed by atoms with Crippen LogP contribution < -0.4 is 0 Å². The van der Waals surface area contributed by atoms with Gasteiger partial charge in [-0.15, -0.1) is 26.3 Å². The van der Waals surface area contributed by atoms with E-state index >= 15 is 0 Å². The first-order chi connectivity index (χ1) is 6.33. The number of thioether (sulfide) groups is 1. The second kappa shape index (κ2) is 17.4. The van der Waals surface area contributed by atoms with E-state index in [0.717, 1.165) is 24.3 Å². The highest BCUT2D eigenvalue weighted by atomic mass is 32.2. The molecule has 0 fully saturated rings. The van der Waals surface area contributed by atoms with Crippen molar-refractivity contribution >= 4 is 11.8 Å². The van der Waals surface area contributed by atoms with Crippen LogP contribution in [0.4, 0.5) is 0 Å². The van der Waals surface area contributed by atoms with Crippen molar-refractivity contribution < 1.29 is 0 Å². The van der Waals surface area contributed by atoms with Crippen LogP contribution in [0, 0.1) is 0 Å². The summed E-state index contributed by atoms with van der Waals surface area (Å²) in [6.45, 7) is 14.3. The van der Waals surface area contributed by atoms with Gasteiger partial charge >= 0.3 is 0 Å². The van der Waals surface area contributed by atoms with Gasteiger partial charge in [-0.25, -0.2) is 0 Å². The molecule has 0 nitrogen and oxygen atoms in total. The Balaban J connectivity index is 0. The van der Waals surface area contributed by atoms with E-state index in [1.165, 1.54) is 0 Å². The van der Waals surface area contributed by atoms with E-state index in [9.17, 15) is 0 Å². The monoisotopic (exact) mass is 196 g/mol. The van der Waals surface area contributed by atoms with Crippen LogP contribution in [0.25, 0.3) is 0 Å². The maximum Gasteiger partial charge on any atom is 0.0113 e. The molecular formula is C12H20S. The molecule has 0 spiro atoms. The fourth-order valence-corrected chi connectivity index (χ4v) is 0.940. The van der Waals surface area contributed by atoms with Crippen molar-refractivity contribution in [2.24, 2.45) is 0 Å². The van der Waals surface area contributed by atoms with E-state index in [-0.39, 0.29) is 0 Å². The van der Waals surface area contributed by atoms with Gasteiger partial charge in [0.25, 0.3) is 0 Å². The Morgan fingerprint density at radius 3 is 1.31 bits per heavy atom. The molecule has 74 valence electrons. The zero-order valence-electron chi connectivity index (χ0n) is 8.37. The fraction of sp³-hybridized carbons (Fsp3) is 0.333. The summed E-state index contributed by atoms with van der Waals surface area (Å²) in [6, 6.07) is 0. The summed E-state index contributed by atoms with van der Waals surface area (Å²) in [5.74, 6) is 2.07. The molecular weight excluding hydrogens is 176 g/mol. The van der Waals surface area contributed by atoms with Gasteiger partial charge < -0.3 is 0 Å². The molecule has 0 bridgehead atoms. The largest absolute Gasteiger partial charge is 0.154 e. The molecule has 0 saturated carbocycles. The summed E-state index contributed by atoms with van der Waals surface area (Å²) in [7, 11) is 0. The van der Waals surface area contributed by atoms with Gasteiger partial charge in [0.05, 0.1) is 0 Å². The van der Waals surface area contributed by atoms with Gasteiger partial charge in [-0.05, 0) is 12.8 Å². The van der Waals surface area contributed by atoms with Crippen molar-refractivity contribution in [3.63, 3.8) is 0 Å². The molecule has 0 rings (SSSR count).